The lowest BCUT2D eigenvalue weighted by Gasteiger charge is -2.39. The zero-order valence-corrected chi connectivity index (χ0v) is 15.8. The standard InChI is InChI=1S/C20H24N2O3S/c1-3-9-20(19(23)24)10-6-11-22(14-20)13-15-12-21-18(26-15)16-7-4-5-8-17(16)25-2/h3-5,7-8,12H,1,6,9-11,13-14H2,2H3,(H,23,24). The Bertz CT molecular complexity index is 789. The highest BCUT2D eigenvalue weighted by atomic mass is 32.1. The fourth-order valence-corrected chi connectivity index (χ4v) is 4.60. The van der Waals surface area contributed by atoms with E-state index in [0.29, 0.717) is 19.4 Å². The summed E-state index contributed by atoms with van der Waals surface area (Å²) in [6.07, 6.45) is 5.72. The van der Waals surface area contributed by atoms with Gasteiger partial charge < -0.3 is 9.84 Å². The number of benzene rings is 1. The minimum atomic E-state index is -0.721. The third-order valence-corrected chi connectivity index (χ3v) is 5.93. The number of hydrogen-bond acceptors (Lipinski definition) is 5. The SMILES string of the molecule is C=CCC1(C(=O)O)CCCN(Cc2cnc(-c3ccccc3OC)s2)C1. The van der Waals surface area contributed by atoms with Gasteiger partial charge in [0.05, 0.1) is 18.1 Å². The summed E-state index contributed by atoms with van der Waals surface area (Å²) >= 11 is 1.63. The number of ether oxygens (including phenoxy) is 1. The Kier molecular flexibility index (Phi) is 5.74. The maximum atomic E-state index is 11.8. The molecule has 1 fully saturated rings. The summed E-state index contributed by atoms with van der Waals surface area (Å²) in [5.74, 6) is 0.0864. The molecule has 0 saturated carbocycles. The maximum absolute atomic E-state index is 11.8. The largest absolute Gasteiger partial charge is 0.496 e. The van der Waals surface area contributed by atoms with E-state index in [9.17, 15) is 9.90 Å². The van der Waals surface area contributed by atoms with Crippen molar-refractivity contribution in [1.82, 2.24) is 9.88 Å². The van der Waals surface area contributed by atoms with Crippen LogP contribution in [-0.2, 0) is 11.3 Å². The Labute approximate surface area is 157 Å². The minimum Gasteiger partial charge on any atom is -0.496 e. The first-order valence-corrected chi connectivity index (χ1v) is 9.54. The molecule has 1 N–H and O–H groups in total. The van der Waals surface area contributed by atoms with Crippen LogP contribution in [0.15, 0.2) is 43.1 Å². The predicted molar refractivity (Wildman–Crippen MR) is 103 cm³/mol. The van der Waals surface area contributed by atoms with E-state index in [2.05, 4.69) is 16.5 Å². The number of thiazole rings is 1. The molecule has 5 nitrogen and oxygen atoms in total. The zero-order chi connectivity index (χ0) is 18.6. The molecule has 138 valence electrons. The second kappa shape index (κ2) is 8.01. The fraction of sp³-hybridized carbons (Fsp3) is 0.400. The van der Waals surface area contributed by atoms with Gasteiger partial charge in [0, 0.05) is 24.2 Å². The summed E-state index contributed by atoms with van der Waals surface area (Å²) in [4.78, 5) is 19.7. The van der Waals surface area contributed by atoms with Gasteiger partial charge in [-0.3, -0.25) is 9.69 Å². The molecule has 2 heterocycles. The monoisotopic (exact) mass is 372 g/mol. The molecule has 0 bridgehead atoms. The van der Waals surface area contributed by atoms with E-state index < -0.39 is 11.4 Å². The van der Waals surface area contributed by atoms with Crippen LogP contribution < -0.4 is 4.74 Å². The van der Waals surface area contributed by atoms with Gasteiger partial charge in [-0.25, -0.2) is 4.98 Å². The molecule has 1 aliphatic heterocycles. The van der Waals surface area contributed by atoms with Gasteiger partial charge in [-0.05, 0) is 37.9 Å². The van der Waals surface area contributed by atoms with Gasteiger partial charge in [-0.15, -0.1) is 17.9 Å². The molecule has 26 heavy (non-hydrogen) atoms. The van der Waals surface area contributed by atoms with Crippen molar-refractivity contribution in [3.63, 3.8) is 0 Å². The quantitative estimate of drug-likeness (QED) is 0.743. The second-order valence-electron chi connectivity index (χ2n) is 6.72. The highest BCUT2D eigenvalue weighted by Gasteiger charge is 2.41. The number of rotatable bonds is 7. The molecule has 1 atom stereocenters. The number of allylic oxidation sites excluding steroid dienone is 1. The van der Waals surface area contributed by atoms with Crippen molar-refractivity contribution < 1.29 is 14.6 Å². The average Bonchev–Trinajstić information content (AvgIpc) is 3.10. The van der Waals surface area contributed by atoms with E-state index in [1.165, 1.54) is 0 Å². The Morgan fingerprint density at radius 1 is 1.50 bits per heavy atom. The van der Waals surface area contributed by atoms with Crippen molar-refractivity contribution in [3.8, 4) is 16.3 Å². The summed E-state index contributed by atoms with van der Waals surface area (Å²) in [6.45, 7) is 5.93. The summed E-state index contributed by atoms with van der Waals surface area (Å²) in [5.41, 5.74) is 0.271. The molecule has 1 unspecified atom stereocenters. The molecule has 0 amide bonds. The molecular formula is C20H24N2O3S. The van der Waals surface area contributed by atoms with Crippen LogP contribution in [-0.4, -0.2) is 41.2 Å². The van der Waals surface area contributed by atoms with Crippen molar-refractivity contribution in [3.05, 3.63) is 48.0 Å². The number of aliphatic carboxylic acids is 1. The zero-order valence-electron chi connectivity index (χ0n) is 15.0. The van der Waals surface area contributed by atoms with Gasteiger partial charge >= 0.3 is 5.97 Å². The molecule has 1 saturated heterocycles. The van der Waals surface area contributed by atoms with Gasteiger partial charge in [0.1, 0.15) is 10.8 Å². The molecule has 0 spiro atoms. The van der Waals surface area contributed by atoms with E-state index in [0.717, 1.165) is 40.7 Å². The van der Waals surface area contributed by atoms with Crippen molar-refractivity contribution in [1.29, 1.82) is 0 Å². The third-order valence-electron chi connectivity index (χ3n) is 4.92. The third kappa shape index (κ3) is 3.81. The summed E-state index contributed by atoms with van der Waals surface area (Å²) in [5, 5.41) is 10.6. The fourth-order valence-electron chi connectivity index (χ4n) is 3.61. The number of para-hydroxylation sites is 1. The topological polar surface area (TPSA) is 62.7 Å². The van der Waals surface area contributed by atoms with Gasteiger partial charge in [0.2, 0.25) is 0 Å². The summed E-state index contributed by atoms with van der Waals surface area (Å²) < 4.78 is 5.42. The van der Waals surface area contributed by atoms with E-state index >= 15 is 0 Å². The molecule has 0 aliphatic carbocycles. The number of carboxylic acids is 1. The highest BCUT2D eigenvalue weighted by Crippen LogP contribution is 2.36. The van der Waals surface area contributed by atoms with Crippen LogP contribution in [0.4, 0.5) is 0 Å². The van der Waals surface area contributed by atoms with Gasteiger partial charge in [0.15, 0.2) is 0 Å². The molecule has 1 aromatic carbocycles. The van der Waals surface area contributed by atoms with Crippen LogP contribution in [0.25, 0.3) is 10.6 Å². The molecule has 2 aromatic rings. The van der Waals surface area contributed by atoms with Gasteiger partial charge in [-0.2, -0.15) is 0 Å². The smallest absolute Gasteiger partial charge is 0.311 e. The number of nitrogens with zero attached hydrogens (tertiary/aromatic N) is 2. The van der Waals surface area contributed by atoms with Crippen LogP contribution in [0.3, 0.4) is 0 Å². The Balaban J connectivity index is 1.75. The number of hydrogen-bond donors (Lipinski definition) is 1. The van der Waals surface area contributed by atoms with Crippen LogP contribution in [0.1, 0.15) is 24.1 Å². The molecule has 6 heteroatoms. The first kappa shape index (κ1) is 18.6. The number of methoxy groups -OCH3 is 1. The van der Waals surface area contributed by atoms with E-state index in [-0.39, 0.29) is 0 Å². The number of likely N-dealkylation sites (tertiary alicyclic amines) is 1. The van der Waals surface area contributed by atoms with Gasteiger partial charge in [0.25, 0.3) is 0 Å². The Hall–Kier alpha value is -2.18. The number of aromatic nitrogens is 1. The lowest BCUT2D eigenvalue weighted by atomic mass is 9.77. The highest BCUT2D eigenvalue weighted by molar-refractivity contribution is 7.15. The van der Waals surface area contributed by atoms with E-state index in [1.807, 2.05) is 30.5 Å². The number of carboxylic acid groups (broad SMARTS) is 1. The molecular weight excluding hydrogens is 348 g/mol. The average molecular weight is 372 g/mol. The van der Waals surface area contributed by atoms with E-state index in [4.69, 9.17) is 4.74 Å². The molecule has 1 aliphatic rings. The van der Waals surface area contributed by atoms with Crippen LogP contribution in [0.5, 0.6) is 5.75 Å². The number of piperidine rings is 1. The Morgan fingerprint density at radius 2 is 2.31 bits per heavy atom. The van der Waals surface area contributed by atoms with Crippen LogP contribution >= 0.6 is 11.3 Å². The Morgan fingerprint density at radius 3 is 3.04 bits per heavy atom. The minimum absolute atomic E-state index is 0.508. The van der Waals surface area contributed by atoms with E-state index in [1.54, 1.807) is 24.5 Å². The predicted octanol–water partition coefficient (Wildman–Crippen LogP) is 4.06. The lowest BCUT2D eigenvalue weighted by Crippen LogP contribution is -2.47. The molecule has 1 aromatic heterocycles. The first-order valence-electron chi connectivity index (χ1n) is 8.73. The second-order valence-corrected chi connectivity index (χ2v) is 7.84. The normalized spacial score (nSPS) is 20.7. The molecule has 3 rings (SSSR count). The summed E-state index contributed by atoms with van der Waals surface area (Å²) in [7, 11) is 1.66. The molecule has 0 radical (unpaired) electrons. The van der Waals surface area contributed by atoms with Crippen molar-refractivity contribution in [2.45, 2.75) is 25.8 Å². The van der Waals surface area contributed by atoms with Crippen LogP contribution in [0.2, 0.25) is 0 Å². The van der Waals surface area contributed by atoms with Crippen molar-refractivity contribution >= 4 is 17.3 Å². The van der Waals surface area contributed by atoms with Crippen LogP contribution in [0, 0.1) is 5.41 Å². The van der Waals surface area contributed by atoms with Crippen molar-refractivity contribution in [2.24, 2.45) is 5.41 Å². The summed E-state index contributed by atoms with van der Waals surface area (Å²) in [6, 6.07) is 7.84. The number of carbonyl (C=O) groups is 1. The lowest BCUT2D eigenvalue weighted by molar-refractivity contribution is -0.152. The maximum Gasteiger partial charge on any atom is 0.311 e. The van der Waals surface area contributed by atoms with Gasteiger partial charge in [-0.1, -0.05) is 18.2 Å². The first-order chi connectivity index (χ1) is 12.6. The van der Waals surface area contributed by atoms with Crippen molar-refractivity contribution in [2.75, 3.05) is 20.2 Å².